The average Bonchev–Trinajstić information content (AvgIpc) is 3.29. The summed E-state index contributed by atoms with van der Waals surface area (Å²) >= 11 is 1.22. The van der Waals surface area contributed by atoms with Crippen LogP contribution in [0.2, 0.25) is 0 Å². The second-order valence-electron chi connectivity index (χ2n) is 6.17. The Labute approximate surface area is 157 Å². The highest BCUT2D eigenvalue weighted by Gasteiger charge is 2.39. The van der Waals surface area contributed by atoms with E-state index < -0.39 is 16.1 Å². The largest absolute Gasteiger partial charge is 0.351 e. The molecule has 6 nitrogen and oxygen atoms in total. The standard InChI is InChI=1S/C18H19N3O3S2/c1-13-7-8-17(25-13)26(23,24)21-9-3-6-16(21)18(22)20-12-15-5-2-4-14(10-15)11-19/h2,4-5,7-8,10,16H,3,6,9,12H2,1H3,(H,20,22). The van der Waals surface area contributed by atoms with Gasteiger partial charge in [0.1, 0.15) is 10.3 Å². The molecular weight excluding hydrogens is 370 g/mol. The van der Waals surface area contributed by atoms with Crippen LogP contribution in [0.1, 0.15) is 28.8 Å². The van der Waals surface area contributed by atoms with Crippen LogP contribution in [0.3, 0.4) is 0 Å². The number of aryl methyl sites for hydroxylation is 1. The number of nitriles is 1. The first-order chi connectivity index (χ1) is 12.4. The summed E-state index contributed by atoms with van der Waals surface area (Å²) in [5.74, 6) is -0.304. The van der Waals surface area contributed by atoms with Crippen molar-refractivity contribution >= 4 is 27.3 Å². The number of thiophene rings is 1. The van der Waals surface area contributed by atoms with Crippen molar-refractivity contribution in [3.8, 4) is 6.07 Å². The zero-order chi connectivity index (χ0) is 18.7. The van der Waals surface area contributed by atoms with E-state index in [0.29, 0.717) is 24.9 Å². The fourth-order valence-corrected chi connectivity index (χ4v) is 6.08. The molecule has 1 aliphatic rings. The molecule has 1 saturated heterocycles. The number of carbonyl (C=O) groups is 1. The summed E-state index contributed by atoms with van der Waals surface area (Å²) in [6.07, 6.45) is 1.17. The average molecular weight is 390 g/mol. The van der Waals surface area contributed by atoms with Crippen LogP contribution in [0.15, 0.2) is 40.6 Å². The van der Waals surface area contributed by atoms with Crippen molar-refractivity contribution in [3.63, 3.8) is 0 Å². The minimum absolute atomic E-state index is 0.261. The number of benzene rings is 1. The molecule has 1 amide bonds. The normalized spacial score (nSPS) is 17.8. The highest BCUT2D eigenvalue weighted by molar-refractivity contribution is 7.91. The highest BCUT2D eigenvalue weighted by atomic mass is 32.2. The summed E-state index contributed by atoms with van der Waals surface area (Å²) in [6.45, 7) is 2.46. The highest BCUT2D eigenvalue weighted by Crippen LogP contribution is 2.30. The van der Waals surface area contributed by atoms with Gasteiger partial charge in [-0.1, -0.05) is 12.1 Å². The van der Waals surface area contributed by atoms with Crippen LogP contribution < -0.4 is 5.32 Å². The molecule has 2 heterocycles. The van der Waals surface area contributed by atoms with Gasteiger partial charge in [0, 0.05) is 18.0 Å². The Hall–Kier alpha value is -2.21. The van der Waals surface area contributed by atoms with Crippen LogP contribution in [-0.4, -0.2) is 31.2 Å². The maximum atomic E-state index is 12.8. The van der Waals surface area contributed by atoms with E-state index in [1.165, 1.54) is 15.6 Å². The molecule has 3 rings (SSSR count). The van der Waals surface area contributed by atoms with Gasteiger partial charge in [0.15, 0.2) is 0 Å². The number of nitrogens with zero attached hydrogens (tertiary/aromatic N) is 2. The third-order valence-electron chi connectivity index (χ3n) is 4.31. The Bertz CT molecular complexity index is 960. The lowest BCUT2D eigenvalue weighted by Gasteiger charge is -2.22. The van der Waals surface area contributed by atoms with Gasteiger partial charge in [0.25, 0.3) is 10.0 Å². The lowest BCUT2D eigenvalue weighted by Crippen LogP contribution is -2.45. The number of sulfonamides is 1. The first-order valence-electron chi connectivity index (χ1n) is 8.27. The zero-order valence-corrected chi connectivity index (χ0v) is 15.9. The van der Waals surface area contributed by atoms with E-state index >= 15 is 0 Å². The zero-order valence-electron chi connectivity index (χ0n) is 14.3. The van der Waals surface area contributed by atoms with E-state index in [4.69, 9.17) is 5.26 Å². The molecule has 1 aliphatic heterocycles. The Balaban J connectivity index is 1.71. The minimum atomic E-state index is -3.66. The first-order valence-corrected chi connectivity index (χ1v) is 10.5. The molecule has 1 aromatic heterocycles. The molecular formula is C18H19N3O3S2. The Morgan fingerprint density at radius 3 is 2.88 bits per heavy atom. The predicted octanol–water partition coefficient (Wildman–Crippen LogP) is 2.40. The monoisotopic (exact) mass is 389 g/mol. The van der Waals surface area contributed by atoms with Crippen LogP contribution in [0, 0.1) is 18.3 Å². The molecule has 136 valence electrons. The molecule has 1 N–H and O–H groups in total. The maximum Gasteiger partial charge on any atom is 0.253 e. The van der Waals surface area contributed by atoms with Gasteiger partial charge in [0.2, 0.25) is 5.91 Å². The molecule has 0 spiro atoms. The Morgan fingerprint density at radius 1 is 1.38 bits per heavy atom. The molecule has 2 aromatic rings. The van der Waals surface area contributed by atoms with E-state index in [1.807, 2.05) is 13.0 Å². The molecule has 0 aliphatic carbocycles. The molecule has 1 fully saturated rings. The van der Waals surface area contributed by atoms with Gasteiger partial charge in [-0.2, -0.15) is 9.57 Å². The maximum absolute atomic E-state index is 12.8. The predicted molar refractivity (Wildman–Crippen MR) is 99.0 cm³/mol. The summed E-state index contributed by atoms with van der Waals surface area (Å²) in [7, 11) is -3.66. The number of hydrogen-bond donors (Lipinski definition) is 1. The van der Waals surface area contributed by atoms with Crippen molar-refractivity contribution < 1.29 is 13.2 Å². The van der Waals surface area contributed by atoms with Crippen LogP contribution in [0.5, 0.6) is 0 Å². The number of amides is 1. The van der Waals surface area contributed by atoms with E-state index in [9.17, 15) is 13.2 Å². The molecule has 0 saturated carbocycles. The van der Waals surface area contributed by atoms with Gasteiger partial charge < -0.3 is 5.32 Å². The van der Waals surface area contributed by atoms with Gasteiger partial charge in [0.05, 0.1) is 11.6 Å². The van der Waals surface area contributed by atoms with Gasteiger partial charge in [-0.3, -0.25) is 4.79 Å². The second kappa shape index (κ2) is 7.58. The SMILES string of the molecule is Cc1ccc(S(=O)(=O)N2CCCC2C(=O)NCc2cccc(C#N)c2)s1. The van der Waals surface area contributed by atoms with E-state index in [-0.39, 0.29) is 16.7 Å². The van der Waals surface area contributed by atoms with Crippen LogP contribution in [0.4, 0.5) is 0 Å². The van der Waals surface area contributed by atoms with E-state index in [0.717, 1.165) is 10.4 Å². The molecule has 0 bridgehead atoms. The van der Waals surface area contributed by atoms with Gasteiger partial charge in [-0.05, 0) is 49.6 Å². The fraction of sp³-hybridized carbons (Fsp3) is 0.333. The smallest absolute Gasteiger partial charge is 0.253 e. The van der Waals surface area contributed by atoms with E-state index in [2.05, 4.69) is 11.4 Å². The third-order valence-corrected chi connectivity index (χ3v) is 7.68. The van der Waals surface area contributed by atoms with Gasteiger partial charge >= 0.3 is 0 Å². The number of rotatable bonds is 5. The van der Waals surface area contributed by atoms with Crippen molar-refractivity contribution in [2.75, 3.05) is 6.54 Å². The van der Waals surface area contributed by atoms with Crippen LogP contribution in [0.25, 0.3) is 0 Å². The summed E-state index contributed by atoms with van der Waals surface area (Å²) in [6, 6.07) is 11.7. The fourth-order valence-electron chi connectivity index (χ4n) is 3.01. The summed E-state index contributed by atoms with van der Waals surface area (Å²) in [4.78, 5) is 13.5. The first kappa shape index (κ1) is 18.6. The topological polar surface area (TPSA) is 90.3 Å². The third kappa shape index (κ3) is 3.80. The minimum Gasteiger partial charge on any atom is -0.351 e. The van der Waals surface area contributed by atoms with Crippen molar-refractivity contribution in [3.05, 3.63) is 52.4 Å². The number of nitrogens with one attached hydrogen (secondary N) is 1. The molecule has 1 aromatic carbocycles. The quantitative estimate of drug-likeness (QED) is 0.850. The summed E-state index contributed by atoms with van der Waals surface area (Å²) in [5, 5.41) is 11.7. The van der Waals surface area contributed by atoms with Crippen molar-refractivity contribution in [2.45, 2.75) is 36.6 Å². The lowest BCUT2D eigenvalue weighted by atomic mass is 10.1. The molecule has 1 unspecified atom stereocenters. The van der Waals surface area contributed by atoms with Crippen molar-refractivity contribution in [1.82, 2.24) is 9.62 Å². The van der Waals surface area contributed by atoms with E-state index in [1.54, 1.807) is 30.3 Å². The molecule has 8 heteroatoms. The summed E-state index contributed by atoms with van der Waals surface area (Å²) in [5.41, 5.74) is 1.33. The Morgan fingerprint density at radius 2 is 2.19 bits per heavy atom. The van der Waals surface area contributed by atoms with Gasteiger partial charge in [-0.25, -0.2) is 8.42 Å². The Kier molecular flexibility index (Phi) is 5.41. The van der Waals surface area contributed by atoms with Crippen molar-refractivity contribution in [2.24, 2.45) is 0 Å². The van der Waals surface area contributed by atoms with Crippen molar-refractivity contribution in [1.29, 1.82) is 5.26 Å². The molecule has 26 heavy (non-hydrogen) atoms. The van der Waals surface area contributed by atoms with Crippen LogP contribution >= 0.6 is 11.3 Å². The molecule has 0 radical (unpaired) electrons. The summed E-state index contributed by atoms with van der Waals surface area (Å²) < 4.78 is 27.3. The number of hydrogen-bond acceptors (Lipinski definition) is 5. The number of carbonyl (C=O) groups excluding carboxylic acids is 1. The van der Waals surface area contributed by atoms with Crippen LogP contribution in [-0.2, 0) is 21.4 Å². The lowest BCUT2D eigenvalue weighted by molar-refractivity contribution is -0.124. The second-order valence-corrected chi connectivity index (χ2v) is 9.57. The van der Waals surface area contributed by atoms with Gasteiger partial charge in [-0.15, -0.1) is 11.3 Å². The molecule has 1 atom stereocenters.